The highest BCUT2D eigenvalue weighted by atomic mass is 16.5. The molecule has 0 aliphatic heterocycles. The van der Waals surface area contributed by atoms with Crippen LogP contribution >= 0.6 is 0 Å². The second-order valence-corrected chi connectivity index (χ2v) is 10.0. The fraction of sp³-hybridized carbons (Fsp3) is 0.312. The highest BCUT2D eigenvalue weighted by Gasteiger charge is 2.13. The minimum absolute atomic E-state index is 0.0333. The highest BCUT2D eigenvalue weighted by Crippen LogP contribution is 2.18. The number of benzene rings is 2. The van der Waals surface area contributed by atoms with Crippen molar-refractivity contribution in [3.8, 4) is 11.6 Å². The molecule has 0 bridgehead atoms. The lowest BCUT2D eigenvalue weighted by Crippen LogP contribution is -2.32. The third-order valence-corrected chi connectivity index (χ3v) is 6.88. The van der Waals surface area contributed by atoms with E-state index in [4.69, 9.17) is 4.74 Å². The van der Waals surface area contributed by atoms with Gasteiger partial charge < -0.3 is 25.0 Å². The van der Waals surface area contributed by atoms with E-state index in [0.717, 1.165) is 51.6 Å². The molecular formula is C32H38N4O3. The van der Waals surface area contributed by atoms with Crippen LogP contribution in [0.2, 0.25) is 0 Å². The van der Waals surface area contributed by atoms with E-state index in [1.165, 1.54) is 0 Å². The van der Waals surface area contributed by atoms with Crippen molar-refractivity contribution in [2.75, 3.05) is 13.7 Å². The summed E-state index contributed by atoms with van der Waals surface area (Å²) in [4.78, 5) is 17.1. The minimum Gasteiger partial charge on any atom is -0.496 e. The molecule has 3 N–H and O–H groups in total. The van der Waals surface area contributed by atoms with Gasteiger partial charge in [0.2, 0.25) is 5.91 Å². The Hall–Kier alpha value is -3.94. The molecule has 0 radical (unpaired) electrons. The molecule has 0 saturated heterocycles. The van der Waals surface area contributed by atoms with Crippen molar-refractivity contribution < 1.29 is 14.6 Å². The van der Waals surface area contributed by atoms with Crippen LogP contribution in [0, 0.1) is 13.8 Å². The SMILES string of the molecule is COc1ccccc1CNC(=O)Cc1cccc(C[C@@H](C)NC[C@@H](O)c2ccc(-n3c(C)ccc3C)nc2)c1. The van der Waals surface area contributed by atoms with E-state index in [1.54, 1.807) is 13.3 Å². The molecule has 0 spiro atoms. The average Bonchev–Trinajstić information content (AvgIpc) is 3.28. The first-order valence-electron chi connectivity index (χ1n) is 13.3. The van der Waals surface area contributed by atoms with Gasteiger partial charge in [-0.05, 0) is 62.6 Å². The molecule has 2 aromatic carbocycles. The molecule has 0 saturated carbocycles. The van der Waals surface area contributed by atoms with E-state index in [9.17, 15) is 9.90 Å². The summed E-state index contributed by atoms with van der Waals surface area (Å²) in [5.74, 6) is 1.58. The van der Waals surface area contributed by atoms with Crippen LogP contribution < -0.4 is 15.4 Å². The first-order valence-corrected chi connectivity index (χ1v) is 13.3. The van der Waals surface area contributed by atoms with E-state index >= 15 is 0 Å². The Bertz CT molecular complexity index is 1360. The lowest BCUT2D eigenvalue weighted by atomic mass is 10.0. The van der Waals surface area contributed by atoms with Crippen LogP contribution in [0.3, 0.4) is 0 Å². The lowest BCUT2D eigenvalue weighted by Gasteiger charge is -2.18. The molecule has 4 aromatic rings. The molecule has 1 amide bonds. The fourth-order valence-corrected chi connectivity index (χ4v) is 4.77. The van der Waals surface area contributed by atoms with Gasteiger partial charge in [-0.15, -0.1) is 0 Å². The van der Waals surface area contributed by atoms with E-state index < -0.39 is 6.10 Å². The first kappa shape index (κ1) is 28.1. The van der Waals surface area contributed by atoms with Crippen LogP contribution in [0.4, 0.5) is 0 Å². The minimum atomic E-state index is -0.654. The van der Waals surface area contributed by atoms with E-state index in [-0.39, 0.29) is 11.9 Å². The number of pyridine rings is 1. The van der Waals surface area contributed by atoms with Crippen molar-refractivity contribution in [2.45, 2.75) is 52.3 Å². The van der Waals surface area contributed by atoms with Gasteiger partial charge in [-0.1, -0.05) is 48.5 Å². The number of hydrogen-bond acceptors (Lipinski definition) is 5. The summed E-state index contributed by atoms with van der Waals surface area (Å²) in [5, 5.41) is 17.1. The van der Waals surface area contributed by atoms with Crippen LogP contribution in [0.15, 0.2) is 79.0 Å². The Morgan fingerprint density at radius 2 is 1.74 bits per heavy atom. The zero-order valence-electron chi connectivity index (χ0n) is 23.1. The number of aliphatic hydroxyl groups is 1. The maximum absolute atomic E-state index is 12.6. The molecule has 7 heteroatoms. The summed E-state index contributed by atoms with van der Waals surface area (Å²) in [7, 11) is 1.63. The Morgan fingerprint density at radius 1 is 1.00 bits per heavy atom. The molecule has 2 heterocycles. The van der Waals surface area contributed by atoms with Crippen LogP contribution in [0.25, 0.3) is 5.82 Å². The number of ether oxygens (including phenoxy) is 1. The quantitative estimate of drug-likeness (QED) is 0.251. The molecular weight excluding hydrogens is 488 g/mol. The summed E-state index contributed by atoms with van der Waals surface area (Å²) in [6.07, 6.45) is 2.19. The van der Waals surface area contributed by atoms with E-state index in [0.29, 0.717) is 19.5 Å². The Kier molecular flexibility index (Phi) is 9.52. The van der Waals surface area contributed by atoms with Crippen molar-refractivity contribution in [1.82, 2.24) is 20.2 Å². The van der Waals surface area contributed by atoms with Gasteiger partial charge in [0.1, 0.15) is 11.6 Å². The van der Waals surface area contributed by atoms with Crippen molar-refractivity contribution in [3.05, 3.63) is 113 Å². The van der Waals surface area contributed by atoms with Crippen molar-refractivity contribution in [2.24, 2.45) is 0 Å². The van der Waals surface area contributed by atoms with Gasteiger partial charge in [0, 0.05) is 47.8 Å². The third kappa shape index (κ3) is 7.56. The number of hydrogen-bond donors (Lipinski definition) is 3. The zero-order chi connectivity index (χ0) is 27.8. The molecule has 4 rings (SSSR count). The van der Waals surface area contributed by atoms with Crippen LogP contribution in [0.5, 0.6) is 5.75 Å². The number of carbonyl (C=O) groups is 1. The van der Waals surface area contributed by atoms with Gasteiger partial charge in [-0.25, -0.2) is 4.98 Å². The van der Waals surface area contributed by atoms with E-state index in [2.05, 4.69) is 65.2 Å². The molecule has 7 nitrogen and oxygen atoms in total. The number of aromatic nitrogens is 2. The normalized spacial score (nSPS) is 12.6. The Labute approximate surface area is 230 Å². The average molecular weight is 527 g/mol. The largest absolute Gasteiger partial charge is 0.496 e. The van der Waals surface area contributed by atoms with Gasteiger partial charge in [0.25, 0.3) is 0 Å². The predicted molar refractivity (Wildman–Crippen MR) is 154 cm³/mol. The summed E-state index contributed by atoms with van der Waals surface area (Å²) in [6.45, 7) is 7.05. The van der Waals surface area contributed by atoms with Crippen molar-refractivity contribution in [3.63, 3.8) is 0 Å². The Morgan fingerprint density at radius 3 is 2.46 bits per heavy atom. The summed E-state index contributed by atoms with van der Waals surface area (Å²) >= 11 is 0. The number of nitrogens with one attached hydrogen (secondary N) is 2. The van der Waals surface area contributed by atoms with E-state index in [1.807, 2.05) is 48.5 Å². The maximum Gasteiger partial charge on any atom is 0.224 e. The smallest absolute Gasteiger partial charge is 0.224 e. The summed E-state index contributed by atoms with van der Waals surface area (Å²) in [5.41, 5.74) is 6.09. The standard InChI is InChI=1S/C32H38N4O3/c1-22(33-21-29(37)27-14-15-31(34-19-27)36-23(2)12-13-24(36)3)16-25-8-7-9-26(17-25)18-32(38)35-20-28-10-5-6-11-30(28)39-4/h5-15,17,19,22,29,33,37H,16,18,20-21H2,1-4H3,(H,35,38)/t22-,29-/m1/s1. The first-order chi connectivity index (χ1) is 18.8. The molecule has 0 aliphatic rings. The number of aliphatic hydroxyl groups excluding tert-OH is 1. The Balaban J connectivity index is 1.25. The summed E-state index contributed by atoms with van der Waals surface area (Å²) in [6, 6.07) is 23.9. The van der Waals surface area contributed by atoms with Gasteiger partial charge in [0.05, 0.1) is 19.6 Å². The van der Waals surface area contributed by atoms with Crippen LogP contribution in [-0.4, -0.2) is 40.3 Å². The molecule has 0 aliphatic carbocycles. The number of rotatable bonds is 12. The number of aryl methyl sites for hydroxylation is 2. The maximum atomic E-state index is 12.6. The van der Waals surface area contributed by atoms with Crippen LogP contribution in [-0.2, 0) is 24.2 Å². The molecule has 0 unspecified atom stereocenters. The highest BCUT2D eigenvalue weighted by molar-refractivity contribution is 5.78. The molecule has 39 heavy (non-hydrogen) atoms. The van der Waals surface area contributed by atoms with Gasteiger partial charge in [-0.3, -0.25) is 4.79 Å². The second kappa shape index (κ2) is 13.2. The van der Waals surface area contributed by atoms with Crippen molar-refractivity contribution in [1.29, 1.82) is 0 Å². The molecule has 204 valence electrons. The topological polar surface area (TPSA) is 88.4 Å². The number of nitrogens with zero attached hydrogens (tertiary/aromatic N) is 2. The van der Waals surface area contributed by atoms with Gasteiger partial charge >= 0.3 is 0 Å². The number of amides is 1. The van der Waals surface area contributed by atoms with Crippen molar-refractivity contribution >= 4 is 5.91 Å². The monoisotopic (exact) mass is 526 g/mol. The molecule has 2 atom stereocenters. The lowest BCUT2D eigenvalue weighted by molar-refractivity contribution is -0.120. The predicted octanol–water partition coefficient (Wildman–Crippen LogP) is 4.61. The summed E-state index contributed by atoms with van der Waals surface area (Å²) < 4.78 is 7.45. The zero-order valence-corrected chi connectivity index (χ0v) is 23.1. The molecule has 0 fully saturated rings. The van der Waals surface area contributed by atoms with Gasteiger partial charge in [0.15, 0.2) is 0 Å². The third-order valence-electron chi connectivity index (χ3n) is 6.88. The van der Waals surface area contributed by atoms with Gasteiger partial charge in [-0.2, -0.15) is 0 Å². The fourth-order valence-electron chi connectivity index (χ4n) is 4.77. The van der Waals surface area contributed by atoms with Crippen LogP contribution in [0.1, 0.15) is 46.7 Å². The number of para-hydroxylation sites is 1. The number of methoxy groups -OCH3 is 1. The molecule has 2 aromatic heterocycles. The second-order valence-electron chi connectivity index (χ2n) is 10.0. The number of carbonyl (C=O) groups excluding carboxylic acids is 1.